The number of nitrogens with one attached hydrogen (secondary N) is 1. The van der Waals surface area contributed by atoms with Crippen LogP contribution < -0.4 is 22.5 Å². The van der Waals surface area contributed by atoms with Gasteiger partial charge in [-0.1, -0.05) is 21.6 Å². The molecular weight excluding hydrogens is 364 g/mol. The number of amides is 1. The lowest BCUT2D eigenvalue weighted by atomic mass is 10.1. The number of primary amides is 1. The van der Waals surface area contributed by atoms with Crippen LogP contribution in [0.1, 0.15) is 12.8 Å². The van der Waals surface area contributed by atoms with E-state index in [-0.39, 0.29) is 18.6 Å². The molecule has 0 radical (unpaired) electrons. The Morgan fingerprint density at radius 1 is 1.00 bits per heavy atom. The lowest BCUT2D eigenvalue weighted by Crippen LogP contribution is -2.53. The summed E-state index contributed by atoms with van der Waals surface area (Å²) in [5.74, 6) is -4.63. The lowest BCUT2D eigenvalue weighted by molar-refractivity contribution is -0.142. The first-order chi connectivity index (χ1) is 11.1. The van der Waals surface area contributed by atoms with Crippen LogP contribution in [0.4, 0.5) is 0 Å². The number of aliphatic carboxylic acids is 3. The van der Waals surface area contributed by atoms with Crippen molar-refractivity contribution in [1.82, 2.24) is 5.32 Å². The third-order valence-corrected chi connectivity index (χ3v) is 5.40. The zero-order valence-corrected chi connectivity index (χ0v) is 14.1. The van der Waals surface area contributed by atoms with Crippen molar-refractivity contribution in [3.63, 3.8) is 0 Å². The molecule has 0 saturated heterocycles. The molecule has 0 aliphatic carbocycles. The van der Waals surface area contributed by atoms with E-state index in [2.05, 4.69) is 5.32 Å². The van der Waals surface area contributed by atoms with Gasteiger partial charge in [-0.2, -0.15) is 0 Å². The van der Waals surface area contributed by atoms with E-state index in [4.69, 9.17) is 32.5 Å². The summed E-state index contributed by atoms with van der Waals surface area (Å²) in [5, 5.41) is 28.3. The highest BCUT2D eigenvalue weighted by Gasteiger charge is 2.30. The van der Waals surface area contributed by atoms with Gasteiger partial charge in [0.05, 0.1) is 5.37 Å². The number of rotatable bonds is 13. The van der Waals surface area contributed by atoms with Gasteiger partial charge in [0, 0.05) is 12.2 Å². The number of hydrogen-bond donors (Lipinski definition) is 7. The van der Waals surface area contributed by atoms with Crippen molar-refractivity contribution in [2.75, 3.05) is 5.75 Å². The normalized spacial score (nSPS) is 15.9. The summed E-state index contributed by atoms with van der Waals surface area (Å²) < 4.78 is 0. The summed E-state index contributed by atoms with van der Waals surface area (Å²) in [6.07, 6.45) is -0.353. The Morgan fingerprint density at radius 2 is 1.58 bits per heavy atom. The fraction of sp³-hybridized carbons (Fsp3) is 0.636. The van der Waals surface area contributed by atoms with E-state index >= 15 is 0 Å². The van der Waals surface area contributed by atoms with Crippen LogP contribution in [0.25, 0.3) is 0 Å². The van der Waals surface area contributed by atoms with Crippen molar-refractivity contribution in [1.29, 1.82) is 0 Å². The molecule has 0 heterocycles. The van der Waals surface area contributed by atoms with Crippen molar-refractivity contribution in [3.8, 4) is 0 Å². The topological polar surface area (TPSA) is 219 Å². The fourth-order valence-corrected chi connectivity index (χ4v) is 3.95. The maximum Gasteiger partial charge on any atom is 0.323 e. The lowest BCUT2D eigenvalue weighted by Gasteiger charge is -2.25. The molecule has 0 fully saturated rings. The molecule has 1 unspecified atom stereocenters. The molecule has 24 heavy (non-hydrogen) atoms. The Labute approximate surface area is 145 Å². The van der Waals surface area contributed by atoms with Crippen LogP contribution in [0.2, 0.25) is 0 Å². The number of carbonyl (C=O) groups excluding carboxylic acids is 1. The molecule has 0 aromatic carbocycles. The molecule has 1 amide bonds. The SMILES string of the molecule is NC(=O)CC[C@H](NC(SSC[C@H](N)C(=O)O)[C@H](N)C(=O)O)C(=O)O. The first kappa shape index (κ1) is 22.5. The Balaban J connectivity index is 4.84. The van der Waals surface area contributed by atoms with Gasteiger partial charge in [-0.25, -0.2) is 0 Å². The summed E-state index contributed by atoms with van der Waals surface area (Å²) in [7, 11) is 1.80. The number of carbonyl (C=O) groups is 4. The van der Waals surface area contributed by atoms with E-state index in [1.54, 1.807) is 0 Å². The first-order valence-electron chi connectivity index (χ1n) is 6.58. The second-order valence-corrected chi connectivity index (χ2v) is 7.23. The van der Waals surface area contributed by atoms with Crippen LogP contribution in [0.15, 0.2) is 0 Å². The Bertz CT molecular complexity index is 479. The highest BCUT2D eigenvalue weighted by atomic mass is 33.1. The van der Waals surface area contributed by atoms with Crippen molar-refractivity contribution >= 4 is 45.4 Å². The molecule has 11 nitrogen and oxygen atoms in total. The highest BCUT2D eigenvalue weighted by Crippen LogP contribution is 2.28. The minimum absolute atomic E-state index is 0.0382. The molecular formula is C11H20N4O7S2. The van der Waals surface area contributed by atoms with Crippen LogP contribution in [-0.2, 0) is 19.2 Å². The molecule has 0 saturated carbocycles. The third-order valence-electron chi connectivity index (χ3n) is 2.69. The maximum atomic E-state index is 11.2. The molecule has 0 aliphatic heterocycles. The Hall–Kier alpha value is -1.54. The molecule has 0 aromatic heterocycles. The van der Waals surface area contributed by atoms with Gasteiger partial charge in [-0.3, -0.25) is 24.5 Å². The number of hydrogen-bond acceptors (Lipinski definition) is 9. The van der Waals surface area contributed by atoms with Crippen molar-refractivity contribution in [2.24, 2.45) is 17.2 Å². The van der Waals surface area contributed by atoms with Gasteiger partial charge >= 0.3 is 17.9 Å². The van der Waals surface area contributed by atoms with Crippen LogP contribution in [-0.4, -0.2) is 68.4 Å². The largest absolute Gasteiger partial charge is 0.480 e. The molecule has 0 spiro atoms. The number of carboxylic acids is 3. The summed E-state index contributed by atoms with van der Waals surface area (Å²) in [6, 6.07) is -3.86. The molecule has 138 valence electrons. The second-order valence-electron chi connectivity index (χ2n) is 4.67. The molecule has 10 N–H and O–H groups in total. The van der Waals surface area contributed by atoms with Crippen LogP contribution in [0, 0.1) is 0 Å². The summed E-state index contributed by atoms with van der Waals surface area (Å²) in [6.45, 7) is 0. The summed E-state index contributed by atoms with van der Waals surface area (Å²) in [5.41, 5.74) is 15.8. The zero-order chi connectivity index (χ0) is 18.9. The van der Waals surface area contributed by atoms with E-state index in [0.717, 1.165) is 21.6 Å². The minimum Gasteiger partial charge on any atom is -0.480 e. The van der Waals surface area contributed by atoms with Gasteiger partial charge in [-0.05, 0) is 6.42 Å². The van der Waals surface area contributed by atoms with Gasteiger partial charge in [0.15, 0.2) is 0 Å². The van der Waals surface area contributed by atoms with Crippen molar-refractivity contribution in [2.45, 2.75) is 36.3 Å². The molecule has 13 heteroatoms. The Morgan fingerprint density at radius 3 is 2.00 bits per heavy atom. The van der Waals surface area contributed by atoms with E-state index in [1.165, 1.54) is 0 Å². The minimum atomic E-state index is -1.46. The van der Waals surface area contributed by atoms with Crippen molar-refractivity contribution in [3.05, 3.63) is 0 Å². The first-order valence-corrected chi connectivity index (χ1v) is 8.96. The quantitative estimate of drug-likeness (QED) is 0.133. The summed E-state index contributed by atoms with van der Waals surface area (Å²) in [4.78, 5) is 43.6. The van der Waals surface area contributed by atoms with Crippen LogP contribution in [0.5, 0.6) is 0 Å². The standard InChI is InChI=1S/C11H20N4O7S2/c12-4(9(17)18)3-23-24-8(7(14)11(21)22)15-5(10(19)20)1-2-6(13)16/h4-5,7-8,15H,1-3,12,14H2,(H2,13,16)(H,17,18)(H,19,20)(H,21,22)/t4-,5-,7-,8?/m0/s1. The van der Waals surface area contributed by atoms with Gasteiger partial charge in [0.1, 0.15) is 18.1 Å². The average Bonchev–Trinajstić information content (AvgIpc) is 2.47. The van der Waals surface area contributed by atoms with Gasteiger partial charge in [0.25, 0.3) is 0 Å². The summed E-state index contributed by atoms with van der Waals surface area (Å²) >= 11 is 0. The molecule has 0 aromatic rings. The van der Waals surface area contributed by atoms with E-state index in [1.807, 2.05) is 0 Å². The van der Waals surface area contributed by atoms with Crippen LogP contribution in [0.3, 0.4) is 0 Å². The third kappa shape index (κ3) is 8.93. The number of nitrogens with two attached hydrogens (primary N) is 3. The molecule has 4 atom stereocenters. The van der Waals surface area contributed by atoms with E-state index in [9.17, 15) is 19.2 Å². The highest BCUT2D eigenvalue weighted by molar-refractivity contribution is 8.77. The Kier molecular flexibility index (Phi) is 10.4. The molecule has 0 aliphatic rings. The number of carboxylic acid groups (broad SMARTS) is 3. The molecule has 0 bridgehead atoms. The molecule has 0 rings (SSSR count). The second kappa shape index (κ2) is 11.1. The predicted molar refractivity (Wildman–Crippen MR) is 88.0 cm³/mol. The van der Waals surface area contributed by atoms with Gasteiger partial charge in [0.2, 0.25) is 5.91 Å². The fourth-order valence-electron chi connectivity index (χ4n) is 1.34. The monoisotopic (exact) mass is 384 g/mol. The average molecular weight is 384 g/mol. The van der Waals surface area contributed by atoms with E-state index in [0.29, 0.717) is 0 Å². The maximum absolute atomic E-state index is 11.2. The van der Waals surface area contributed by atoms with Crippen molar-refractivity contribution < 1.29 is 34.5 Å². The zero-order valence-electron chi connectivity index (χ0n) is 12.5. The van der Waals surface area contributed by atoms with Gasteiger partial charge < -0.3 is 32.5 Å². The predicted octanol–water partition coefficient (Wildman–Crippen LogP) is -2.17. The smallest absolute Gasteiger partial charge is 0.323 e. The van der Waals surface area contributed by atoms with E-state index < -0.39 is 47.3 Å². The van der Waals surface area contributed by atoms with Gasteiger partial charge in [-0.15, -0.1) is 0 Å². The van der Waals surface area contributed by atoms with Crippen LogP contribution >= 0.6 is 21.6 Å².